The number of nitrogens with zero attached hydrogens (tertiary/aromatic N) is 3. The van der Waals surface area contributed by atoms with E-state index in [0.29, 0.717) is 24.2 Å². The quantitative estimate of drug-likeness (QED) is 0.432. The molecule has 5 rings (SSSR count). The molecular weight excluding hydrogens is 404 g/mol. The van der Waals surface area contributed by atoms with E-state index in [2.05, 4.69) is 37.9 Å². The molecule has 0 bridgehead atoms. The molecule has 0 spiro atoms. The highest BCUT2D eigenvalue weighted by Crippen LogP contribution is 2.38. The highest BCUT2D eigenvalue weighted by atomic mass is 16.5. The molecule has 4 N–H and O–H groups in total. The Morgan fingerprint density at radius 3 is 2.88 bits per heavy atom. The Morgan fingerprint density at radius 2 is 2.09 bits per heavy atom. The summed E-state index contributed by atoms with van der Waals surface area (Å²) in [6.45, 7) is 0.815. The van der Waals surface area contributed by atoms with Crippen molar-refractivity contribution in [3.63, 3.8) is 0 Å². The monoisotopic (exact) mass is 432 g/mol. The number of imidazole rings is 1. The van der Waals surface area contributed by atoms with Gasteiger partial charge in [0.25, 0.3) is 0 Å². The molecular formula is C24H28N6O2. The van der Waals surface area contributed by atoms with Crippen LogP contribution in [0.2, 0.25) is 0 Å². The molecule has 8 nitrogen and oxygen atoms in total. The number of para-hydroxylation sites is 1. The Balaban J connectivity index is 1.41. The number of hydrogen-bond donors (Lipinski definition) is 3. The number of amides is 1. The van der Waals surface area contributed by atoms with Crippen LogP contribution >= 0.6 is 0 Å². The molecule has 1 fully saturated rings. The van der Waals surface area contributed by atoms with Crippen molar-refractivity contribution < 1.29 is 9.53 Å². The van der Waals surface area contributed by atoms with Gasteiger partial charge in [0.15, 0.2) is 0 Å². The Hall–Kier alpha value is -3.39. The number of H-pyrrole nitrogens is 1. The number of nitrogens with one attached hydrogen (secondary N) is 2. The van der Waals surface area contributed by atoms with Gasteiger partial charge < -0.3 is 20.8 Å². The van der Waals surface area contributed by atoms with Gasteiger partial charge in [-0.1, -0.05) is 18.2 Å². The summed E-state index contributed by atoms with van der Waals surface area (Å²) >= 11 is 0. The Kier molecular flexibility index (Phi) is 5.53. The van der Waals surface area contributed by atoms with Gasteiger partial charge in [-0.15, -0.1) is 0 Å². The summed E-state index contributed by atoms with van der Waals surface area (Å²) in [5.41, 5.74) is 10.0. The number of rotatable bonds is 6. The summed E-state index contributed by atoms with van der Waals surface area (Å²) in [5.74, 6) is 2.28. The summed E-state index contributed by atoms with van der Waals surface area (Å²) in [6.07, 6.45) is 7.84. The number of nitrogen functional groups attached to an aromatic ring is 1. The number of carbonyl (C=O) groups excluding carboxylic acids is 1. The number of methoxy groups -OCH3 is 1. The van der Waals surface area contributed by atoms with Crippen molar-refractivity contribution in [3.8, 4) is 11.4 Å². The molecule has 0 radical (unpaired) electrons. The maximum atomic E-state index is 11.7. The number of ether oxygens (including phenoxy) is 1. The van der Waals surface area contributed by atoms with Crippen LogP contribution in [0.3, 0.4) is 0 Å². The van der Waals surface area contributed by atoms with Gasteiger partial charge in [-0.2, -0.15) is 0 Å². The second kappa shape index (κ2) is 8.63. The number of aromatic nitrogens is 4. The third-order valence-corrected chi connectivity index (χ3v) is 6.47. The molecule has 0 unspecified atom stereocenters. The zero-order valence-electron chi connectivity index (χ0n) is 18.2. The predicted octanol–water partition coefficient (Wildman–Crippen LogP) is 3.50. The maximum absolute atomic E-state index is 11.7. The van der Waals surface area contributed by atoms with E-state index in [1.165, 1.54) is 7.11 Å². The first-order valence-electron chi connectivity index (χ1n) is 11.1. The van der Waals surface area contributed by atoms with Crippen molar-refractivity contribution in [2.45, 2.75) is 31.6 Å². The lowest BCUT2D eigenvalue weighted by Crippen LogP contribution is -2.33. The van der Waals surface area contributed by atoms with Crippen LogP contribution in [-0.4, -0.2) is 45.5 Å². The molecule has 1 aromatic carbocycles. The average molecular weight is 433 g/mol. The zero-order valence-corrected chi connectivity index (χ0v) is 18.2. The molecule has 4 aromatic rings. The van der Waals surface area contributed by atoms with E-state index in [1.807, 2.05) is 18.3 Å². The lowest BCUT2D eigenvalue weighted by atomic mass is 9.81. The minimum absolute atomic E-state index is 0.0557. The lowest BCUT2D eigenvalue weighted by Gasteiger charge is -2.28. The minimum Gasteiger partial charge on any atom is -0.382 e. The highest BCUT2D eigenvalue weighted by Gasteiger charge is 2.28. The maximum Gasteiger partial charge on any atom is 0.245 e. The van der Waals surface area contributed by atoms with Crippen LogP contribution in [0.4, 0.5) is 5.82 Å². The van der Waals surface area contributed by atoms with E-state index < -0.39 is 0 Å². The standard InChI is InChI=1S/C24H28N6O2/c1-32-14-20(31)27-13-15-6-8-16(9-7-15)24-29-21(22-23(25)26-10-11-30(22)24)19-12-17-4-2-3-5-18(17)28-19/h2-5,10-12,15-16,28H,6-9,13-14H2,1H3,(H2,25,26)(H,27,31). The van der Waals surface area contributed by atoms with Gasteiger partial charge in [-0.05, 0) is 43.7 Å². The lowest BCUT2D eigenvalue weighted by molar-refractivity contribution is -0.124. The minimum atomic E-state index is -0.0557. The summed E-state index contributed by atoms with van der Waals surface area (Å²) in [7, 11) is 1.53. The molecule has 32 heavy (non-hydrogen) atoms. The van der Waals surface area contributed by atoms with Crippen molar-refractivity contribution in [3.05, 3.63) is 48.5 Å². The molecule has 0 aliphatic heterocycles. The van der Waals surface area contributed by atoms with Crippen LogP contribution in [0.15, 0.2) is 42.7 Å². The Bertz CT molecular complexity index is 1220. The van der Waals surface area contributed by atoms with Gasteiger partial charge in [0.1, 0.15) is 29.5 Å². The van der Waals surface area contributed by atoms with E-state index in [-0.39, 0.29) is 12.5 Å². The highest BCUT2D eigenvalue weighted by molar-refractivity contribution is 5.91. The molecule has 8 heteroatoms. The molecule has 1 amide bonds. The fourth-order valence-corrected chi connectivity index (χ4v) is 4.83. The summed E-state index contributed by atoms with van der Waals surface area (Å²) in [5, 5.41) is 4.11. The normalized spacial score (nSPS) is 18.9. The van der Waals surface area contributed by atoms with E-state index in [1.54, 1.807) is 6.20 Å². The Morgan fingerprint density at radius 1 is 1.28 bits per heavy atom. The van der Waals surface area contributed by atoms with Crippen LogP contribution in [0.5, 0.6) is 0 Å². The average Bonchev–Trinajstić information content (AvgIpc) is 3.41. The van der Waals surface area contributed by atoms with Crippen LogP contribution in [0.25, 0.3) is 27.8 Å². The molecule has 3 heterocycles. The molecule has 1 aliphatic carbocycles. The molecule has 3 aromatic heterocycles. The number of aromatic amines is 1. The number of hydrogen-bond acceptors (Lipinski definition) is 5. The summed E-state index contributed by atoms with van der Waals surface area (Å²) in [4.78, 5) is 24.6. The van der Waals surface area contributed by atoms with Crippen molar-refractivity contribution in [1.29, 1.82) is 0 Å². The first kappa shape index (κ1) is 20.5. The topological polar surface area (TPSA) is 110 Å². The smallest absolute Gasteiger partial charge is 0.245 e. The zero-order chi connectivity index (χ0) is 22.1. The van der Waals surface area contributed by atoms with E-state index in [9.17, 15) is 4.79 Å². The molecule has 1 saturated carbocycles. The SMILES string of the molecule is COCC(=O)NCC1CCC(c2nc(-c3cc4ccccc4[nH]3)c3c(N)nccn23)CC1. The molecule has 166 valence electrons. The van der Waals surface area contributed by atoms with Crippen LogP contribution in [0.1, 0.15) is 37.4 Å². The second-order valence-corrected chi connectivity index (χ2v) is 8.57. The van der Waals surface area contributed by atoms with Gasteiger partial charge >= 0.3 is 0 Å². The van der Waals surface area contributed by atoms with Crippen molar-refractivity contribution in [1.82, 2.24) is 24.7 Å². The van der Waals surface area contributed by atoms with Gasteiger partial charge in [-0.25, -0.2) is 9.97 Å². The summed E-state index contributed by atoms with van der Waals surface area (Å²) < 4.78 is 6.99. The first-order chi connectivity index (χ1) is 15.6. The molecule has 0 atom stereocenters. The largest absolute Gasteiger partial charge is 0.382 e. The van der Waals surface area contributed by atoms with Crippen LogP contribution in [0, 0.1) is 5.92 Å². The van der Waals surface area contributed by atoms with E-state index in [0.717, 1.165) is 59.3 Å². The van der Waals surface area contributed by atoms with Crippen LogP contribution < -0.4 is 11.1 Å². The summed E-state index contributed by atoms with van der Waals surface area (Å²) in [6, 6.07) is 10.3. The van der Waals surface area contributed by atoms with Crippen molar-refractivity contribution in [2.24, 2.45) is 5.92 Å². The van der Waals surface area contributed by atoms with Gasteiger partial charge in [0, 0.05) is 42.9 Å². The predicted molar refractivity (Wildman–Crippen MR) is 124 cm³/mol. The fourth-order valence-electron chi connectivity index (χ4n) is 4.83. The third kappa shape index (κ3) is 3.82. The molecule has 0 saturated heterocycles. The number of benzene rings is 1. The van der Waals surface area contributed by atoms with Gasteiger partial charge in [0.05, 0.1) is 5.69 Å². The third-order valence-electron chi connectivity index (χ3n) is 6.47. The second-order valence-electron chi connectivity index (χ2n) is 8.57. The van der Waals surface area contributed by atoms with E-state index >= 15 is 0 Å². The number of nitrogens with two attached hydrogens (primary N) is 1. The molecule has 1 aliphatic rings. The fraction of sp³-hybridized carbons (Fsp3) is 0.375. The number of fused-ring (bicyclic) bond motifs is 2. The first-order valence-corrected chi connectivity index (χ1v) is 11.1. The van der Waals surface area contributed by atoms with Gasteiger partial charge in [0.2, 0.25) is 5.91 Å². The Labute approximate surface area is 186 Å². The van der Waals surface area contributed by atoms with Crippen molar-refractivity contribution in [2.75, 3.05) is 26.0 Å². The van der Waals surface area contributed by atoms with Crippen molar-refractivity contribution >= 4 is 28.1 Å². The van der Waals surface area contributed by atoms with E-state index in [4.69, 9.17) is 15.5 Å². The van der Waals surface area contributed by atoms with Crippen LogP contribution in [-0.2, 0) is 9.53 Å². The van der Waals surface area contributed by atoms with Gasteiger partial charge in [-0.3, -0.25) is 9.20 Å². The number of carbonyl (C=O) groups is 1. The number of anilines is 1.